The zero-order chi connectivity index (χ0) is 52.3. The molecular formula is C53H73NO14SSi2. The van der Waals surface area contributed by atoms with Crippen molar-refractivity contribution in [2.24, 2.45) is 16.7 Å². The van der Waals surface area contributed by atoms with Gasteiger partial charge in [0.05, 0.1) is 30.6 Å². The lowest BCUT2D eigenvalue weighted by atomic mass is 9.45. The Morgan fingerprint density at radius 3 is 2.06 bits per heavy atom. The molecule has 1 spiro atoms. The highest BCUT2D eigenvalue weighted by Gasteiger charge is 2.81. The number of thioether (sulfide) groups is 1. The first-order valence-electron chi connectivity index (χ1n) is 24.9. The molecule has 2 saturated carbocycles. The summed E-state index contributed by atoms with van der Waals surface area (Å²) >= 11 is 1.56. The fraction of sp³-hybridized carbons (Fsp3) is 0.623. The molecule has 18 heteroatoms. The third kappa shape index (κ3) is 9.19. The quantitative estimate of drug-likeness (QED) is 0.0767. The highest BCUT2D eigenvalue weighted by molar-refractivity contribution is 8.01. The molecule has 5 aliphatic rings. The van der Waals surface area contributed by atoms with Crippen LogP contribution in [0.3, 0.4) is 0 Å². The Morgan fingerprint density at radius 2 is 1.52 bits per heavy atom. The summed E-state index contributed by atoms with van der Waals surface area (Å²) in [7, 11) is -4.20. The monoisotopic (exact) mass is 1040 g/mol. The van der Waals surface area contributed by atoms with Gasteiger partial charge in [0.15, 0.2) is 46.3 Å². The minimum atomic E-state index is -2.88. The molecule has 388 valence electrons. The molecule has 71 heavy (non-hydrogen) atoms. The number of fused-ring (bicyclic) bond motifs is 5. The van der Waals surface area contributed by atoms with E-state index in [1.165, 1.54) is 14.0 Å². The molecule has 7 rings (SSSR count). The highest BCUT2D eigenvalue weighted by Crippen LogP contribution is 2.69. The van der Waals surface area contributed by atoms with E-state index in [-0.39, 0.29) is 17.7 Å². The van der Waals surface area contributed by atoms with Crippen LogP contribution in [0.2, 0.25) is 36.3 Å². The van der Waals surface area contributed by atoms with Crippen molar-refractivity contribution in [3.8, 4) is 0 Å². The minimum absolute atomic E-state index is 0.181. The molecule has 2 saturated heterocycles. The standard InChI is InChI=1S/C53H73NO14SSi2/c1-15-71(16-2,17-3)67-36-28-37-52(30-69-37,65-47(59)61-12)42-44-53(66-48(60)64-44)29-35(31(4)38(50(53,9)10)40(62-32(5)55)43(56)51(36,42)11)63-46(58)41(68-70(13,14)49(6,7)8)39(33-24-20-18-21-25-33)54-45(57)34-26-22-19-23-27-34/h18-27,35-37,39-42,44H,15-17,28-30H2,1-14H3,(H,54,57)/t35-,36-,37+,39-,40+,41+,42-,44-,51+,52-,53+/m0/s1. The van der Waals surface area contributed by atoms with Crippen LogP contribution < -0.4 is 5.32 Å². The third-order valence-electron chi connectivity index (χ3n) is 17.3. The average molecular weight is 1040 g/mol. The Bertz CT molecular complexity index is 2410. The Balaban J connectivity index is 1.45. The second kappa shape index (κ2) is 19.7. The predicted molar refractivity (Wildman–Crippen MR) is 272 cm³/mol. The van der Waals surface area contributed by atoms with Crippen molar-refractivity contribution in [1.82, 2.24) is 5.32 Å². The number of ketones is 1. The van der Waals surface area contributed by atoms with E-state index < -0.39 is 127 Å². The number of carbonyl (C=O) groups excluding carboxylic acids is 6. The fourth-order valence-electron chi connectivity index (χ4n) is 11.9. The molecule has 0 aromatic heterocycles. The van der Waals surface area contributed by atoms with Gasteiger partial charge in [-0.3, -0.25) is 14.4 Å². The number of carbonyl (C=O) groups is 6. The lowest BCUT2D eigenvalue weighted by Crippen LogP contribution is -2.79. The van der Waals surface area contributed by atoms with Crippen molar-refractivity contribution in [3.63, 3.8) is 0 Å². The van der Waals surface area contributed by atoms with Gasteiger partial charge in [-0.05, 0) is 85.4 Å². The third-order valence-corrected chi connectivity index (χ3v) is 28.0. The van der Waals surface area contributed by atoms with Gasteiger partial charge >= 0.3 is 24.2 Å². The Kier molecular flexibility index (Phi) is 15.1. The largest absolute Gasteiger partial charge is 0.509 e. The molecule has 0 unspecified atom stereocenters. The average Bonchev–Trinajstić information content (AvgIpc) is 3.65. The maximum atomic E-state index is 16.4. The van der Waals surface area contributed by atoms with E-state index in [0.717, 1.165) is 18.1 Å². The van der Waals surface area contributed by atoms with Gasteiger partial charge < -0.3 is 42.6 Å². The lowest BCUT2D eigenvalue weighted by molar-refractivity contribution is -0.226. The topological polar surface area (TPSA) is 188 Å². The van der Waals surface area contributed by atoms with Crippen molar-refractivity contribution in [3.05, 3.63) is 82.9 Å². The van der Waals surface area contributed by atoms with Crippen LogP contribution >= 0.6 is 11.8 Å². The molecule has 1 N–H and O–H groups in total. The van der Waals surface area contributed by atoms with Crippen LogP contribution in [-0.2, 0) is 51.7 Å². The molecule has 2 heterocycles. The number of benzene rings is 2. The first-order chi connectivity index (χ1) is 33.2. The van der Waals surface area contributed by atoms with E-state index in [9.17, 15) is 19.2 Å². The molecule has 15 nitrogen and oxygen atoms in total. The molecule has 0 radical (unpaired) electrons. The van der Waals surface area contributed by atoms with Crippen molar-refractivity contribution in [2.45, 2.75) is 178 Å². The molecular weight excluding hydrogens is 963 g/mol. The maximum absolute atomic E-state index is 16.4. The number of nitrogens with one attached hydrogen (secondary N) is 1. The van der Waals surface area contributed by atoms with Gasteiger partial charge in [0, 0.05) is 35.3 Å². The zero-order valence-corrected chi connectivity index (χ0v) is 46.6. The van der Waals surface area contributed by atoms with Crippen LogP contribution in [0.4, 0.5) is 9.59 Å². The second-order valence-corrected chi connectivity index (χ2v) is 32.8. The van der Waals surface area contributed by atoms with Gasteiger partial charge in [0.25, 0.3) is 5.91 Å². The normalized spacial score (nSPS) is 30.8. The van der Waals surface area contributed by atoms with Crippen molar-refractivity contribution in [1.29, 1.82) is 0 Å². The van der Waals surface area contributed by atoms with Gasteiger partial charge in [0.1, 0.15) is 11.7 Å². The summed E-state index contributed by atoms with van der Waals surface area (Å²) < 4.78 is 52.0. The molecule has 1 amide bonds. The van der Waals surface area contributed by atoms with Gasteiger partial charge in [-0.15, -0.1) is 0 Å². The summed E-state index contributed by atoms with van der Waals surface area (Å²) in [5.74, 6) is -3.49. The van der Waals surface area contributed by atoms with E-state index in [4.69, 9.17) is 37.3 Å². The number of Topliss-reactive ketones (excluding diaryl/α,β-unsaturated/α-hetero) is 1. The number of ether oxygens (including phenoxy) is 6. The van der Waals surface area contributed by atoms with Crippen molar-refractivity contribution in [2.75, 3.05) is 12.9 Å². The first-order valence-corrected chi connectivity index (χ1v) is 31.4. The highest BCUT2D eigenvalue weighted by atomic mass is 32.2. The number of methoxy groups -OCH3 is 1. The van der Waals surface area contributed by atoms with Crippen molar-refractivity contribution < 1.29 is 66.0 Å². The molecule has 2 aromatic carbocycles. The van der Waals surface area contributed by atoms with Crippen LogP contribution in [0.1, 0.15) is 111 Å². The van der Waals surface area contributed by atoms with Gasteiger partial charge in [0.2, 0.25) is 0 Å². The summed E-state index contributed by atoms with van der Waals surface area (Å²) in [6.07, 6.45) is -8.27. The lowest BCUT2D eigenvalue weighted by Gasteiger charge is -2.67. The van der Waals surface area contributed by atoms with E-state index in [2.05, 4.69) is 26.1 Å². The van der Waals surface area contributed by atoms with E-state index in [1.54, 1.807) is 81.9 Å². The second-order valence-electron chi connectivity index (χ2n) is 22.2. The Labute approximate surface area is 424 Å². The number of hydrogen-bond donors (Lipinski definition) is 1. The summed E-state index contributed by atoms with van der Waals surface area (Å²) in [6, 6.07) is 18.9. The molecule has 4 fully saturated rings. The minimum Gasteiger partial charge on any atom is -0.456 e. The number of esters is 2. The predicted octanol–water partition coefficient (Wildman–Crippen LogP) is 10.0. The Morgan fingerprint density at radius 1 is 0.915 bits per heavy atom. The van der Waals surface area contributed by atoms with Crippen LogP contribution in [0, 0.1) is 16.7 Å². The van der Waals surface area contributed by atoms with Gasteiger partial charge in [-0.2, -0.15) is 11.8 Å². The van der Waals surface area contributed by atoms with Crippen molar-refractivity contribution >= 4 is 64.3 Å². The van der Waals surface area contributed by atoms with E-state index >= 15 is 9.59 Å². The summed E-state index contributed by atoms with van der Waals surface area (Å²) in [4.78, 5) is 87.3. The molecule has 2 aromatic rings. The van der Waals surface area contributed by atoms with Crippen LogP contribution in [0.15, 0.2) is 71.8 Å². The van der Waals surface area contributed by atoms with Gasteiger partial charge in [-0.25, -0.2) is 14.4 Å². The maximum Gasteiger partial charge on any atom is 0.509 e. The summed E-state index contributed by atoms with van der Waals surface area (Å²) in [6.45, 7) is 24.7. The number of rotatable bonds is 15. The smallest absolute Gasteiger partial charge is 0.456 e. The number of hydrogen-bond acceptors (Lipinski definition) is 15. The van der Waals surface area contributed by atoms with Gasteiger partial charge in [-0.1, -0.05) is 104 Å². The summed E-state index contributed by atoms with van der Waals surface area (Å²) in [5, 5.41) is 2.27. The molecule has 3 aliphatic carbocycles. The van der Waals surface area contributed by atoms with E-state index in [0.29, 0.717) is 23.1 Å². The molecule has 2 bridgehead atoms. The summed E-state index contributed by atoms with van der Waals surface area (Å²) in [5.41, 5.74) is -4.58. The molecule has 11 atom stereocenters. The SMILES string of the molecule is CC[Si](CC)(CC)O[C@H]1C[C@H]2SC[C@@]2(OC(=O)OC)[C@H]2[C@@H]3OC(=O)O[C@]34C[C@H](OC(=O)[C@H](O[Si](C)(C)C(C)(C)C)[C@@H](NC(=O)c3ccccc3)c3ccccc3)C(C)=C([C@@H](OC(C)=O)C(=O)[C@]12C)C4(C)C. The van der Waals surface area contributed by atoms with Crippen LogP contribution in [-0.4, -0.2) is 112 Å². The first kappa shape index (κ1) is 54.3. The molecule has 2 aliphatic heterocycles. The number of amides is 1. The fourth-order valence-corrected chi connectivity index (χ4v) is 17.5. The Hall–Kier alpha value is -4.50. The van der Waals surface area contributed by atoms with Crippen LogP contribution in [0.25, 0.3) is 0 Å². The zero-order valence-electron chi connectivity index (χ0n) is 43.8. The van der Waals surface area contributed by atoms with Crippen LogP contribution in [0.5, 0.6) is 0 Å². The van der Waals surface area contributed by atoms with E-state index in [1.807, 2.05) is 52.1 Å².